The Morgan fingerprint density at radius 3 is 1.96 bits per heavy atom. The summed E-state index contributed by atoms with van der Waals surface area (Å²) in [6, 6.07) is 12.4. The molecule has 0 saturated heterocycles. The maximum absolute atomic E-state index is 12.2. The van der Waals surface area contributed by atoms with Crippen LogP contribution >= 0.6 is 0 Å². The molecule has 0 aliphatic rings. The zero-order valence-electron chi connectivity index (χ0n) is 14.6. The highest BCUT2D eigenvalue weighted by molar-refractivity contribution is 7.89. The van der Waals surface area contributed by atoms with Crippen LogP contribution in [-0.2, 0) is 14.8 Å². The molecule has 0 fully saturated rings. The van der Waals surface area contributed by atoms with Gasteiger partial charge in [0, 0.05) is 30.4 Å². The third-order valence-electron chi connectivity index (χ3n) is 3.43. The Morgan fingerprint density at radius 1 is 0.885 bits per heavy atom. The van der Waals surface area contributed by atoms with Crippen LogP contribution in [-0.4, -0.2) is 26.8 Å². The smallest absolute Gasteiger partial charge is 0.255 e. The third-order valence-corrected chi connectivity index (χ3v) is 4.91. The molecule has 3 N–H and O–H groups in total. The SMILES string of the molecule is CCCNS(=O)(=O)c1ccc(NC(=O)c2ccc(NC(C)=O)cc2)cc1. The molecule has 0 atom stereocenters. The lowest BCUT2D eigenvalue weighted by Crippen LogP contribution is -2.24. The predicted molar refractivity (Wildman–Crippen MR) is 101 cm³/mol. The maximum atomic E-state index is 12.2. The standard InChI is InChI=1S/C18H21N3O4S/c1-3-12-19-26(24,25)17-10-8-16(9-11-17)21-18(23)14-4-6-15(7-5-14)20-13(2)22/h4-11,19H,3,12H2,1-2H3,(H,20,22)(H,21,23). The van der Waals surface area contributed by atoms with Gasteiger partial charge in [-0.05, 0) is 55.0 Å². The number of anilines is 2. The van der Waals surface area contributed by atoms with Gasteiger partial charge in [-0.3, -0.25) is 9.59 Å². The Labute approximate surface area is 152 Å². The van der Waals surface area contributed by atoms with Crippen molar-refractivity contribution in [1.82, 2.24) is 4.72 Å². The van der Waals surface area contributed by atoms with Gasteiger partial charge in [-0.15, -0.1) is 0 Å². The first kappa shape index (κ1) is 19.6. The minimum Gasteiger partial charge on any atom is -0.326 e. The van der Waals surface area contributed by atoms with E-state index < -0.39 is 10.0 Å². The number of carbonyl (C=O) groups is 2. The van der Waals surface area contributed by atoms with E-state index in [-0.39, 0.29) is 16.7 Å². The Morgan fingerprint density at radius 2 is 1.42 bits per heavy atom. The quantitative estimate of drug-likeness (QED) is 0.692. The van der Waals surface area contributed by atoms with Gasteiger partial charge in [-0.2, -0.15) is 0 Å². The molecule has 0 aliphatic carbocycles. The fraction of sp³-hybridized carbons (Fsp3) is 0.222. The molecule has 0 bridgehead atoms. The number of carbonyl (C=O) groups excluding carboxylic acids is 2. The van der Waals surface area contributed by atoms with Crippen LogP contribution in [0.4, 0.5) is 11.4 Å². The molecule has 0 aromatic heterocycles. The van der Waals surface area contributed by atoms with Crippen molar-refractivity contribution < 1.29 is 18.0 Å². The van der Waals surface area contributed by atoms with Gasteiger partial charge in [-0.1, -0.05) is 6.92 Å². The molecule has 7 nitrogen and oxygen atoms in total. The number of hydrogen-bond acceptors (Lipinski definition) is 4. The number of benzene rings is 2. The molecule has 0 saturated carbocycles. The van der Waals surface area contributed by atoms with E-state index in [1.165, 1.54) is 31.2 Å². The second kappa shape index (κ2) is 8.59. The average Bonchev–Trinajstić information content (AvgIpc) is 2.60. The molecule has 0 aliphatic heterocycles. The molecule has 0 heterocycles. The highest BCUT2D eigenvalue weighted by atomic mass is 32.2. The summed E-state index contributed by atoms with van der Waals surface area (Å²) in [7, 11) is -3.53. The molecule has 2 amide bonds. The monoisotopic (exact) mass is 375 g/mol. The Kier molecular flexibility index (Phi) is 6.48. The van der Waals surface area contributed by atoms with E-state index >= 15 is 0 Å². The highest BCUT2D eigenvalue weighted by Gasteiger charge is 2.13. The van der Waals surface area contributed by atoms with Crippen LogP contribution in [0.3, 0.4) is 0 Å². The van der Waals surface area contributed by atoms with Gasteiger partial charge in [0.15, 0.2) is 0 Å². The first-order chi connectivity index (χ1) is 12.3. The zero-order valence-corrected chi connectivity index (χ0v) is 15.4. The van der Waals surface area contributed by atoms with E-state index in [1.54, 1.807) is 24.3 Å². The molecular formula is C18H21N3O4S. The zero-order chi connectivity index (χ0) is 19.2. The van der Waals surface area contributed by atoms with Gasteiger partial charge in [0.25, 0.3) is 5.91 Å². The first-order valence-electron chi connectivity index (χ1n) is 8.10. The lowest BCUT2D eigenvalue weighted by Gasteiger charge is -2.09. The maximum Gasteiger partial charge on any atom is 0.255 e. The molecule has 2 rings (SSSR count). The third kappa shape index (κ3) is 5.40. The van der Waals surface area contributed by atoms with Crippen molar-refractivity contribution in [3.63, 3.8) is 0 Å². The minimum absolute atomic E-state index is 0.142. The molecule has 2 aromatic carbocycles. The van der Waals surface area contributed by atoms with Gasteiger partial charge in [-0.25, -0.2) is 13.1 Å². The number of nitrogens with one attached hydrogen (secondary N) is 3. The predicted octanol–water partition coefficient (Wildman–Crippen LogP) is 2.59. The lowest BCUT2D eigenvalue weighted by molar-refractivity contribution is -0.114. The molecule has 8 heteroatoms. The number of sulfonamides is 1. The van der Waals surface area contributed by atoms with E-state index in [4.69, 9.17) is 0 Å². The molecule has 0 radical (unpaired) electrons. The highest BCUT2D eigenvalue weighted by Crippen LogP contribution is 2.16. The van der Waals surface area contributed by atoms with Crippen molar-refractivity contribution in [2.24, 2.45) is 0 Å². The van der Waals surface area contributed by atoms with Crippen LogP contribution in [0.25, 0.3) is 0 Å². The summed E-state index contributed by atoms with van der Waals surface area (Å²) in [6.45, 7) is 3.65. The van der Waals surface area contributed by atoms with Crippen LogP contribution in [0.5, 0.6) is 0 Å². The number of hydrogen-bond donors (Lipinski definition) is 3. The summed E-state index contributed by atoms with van der Waals surface area (Å²) in [5, 5.41) is 5.32. The number of rotatable bonds is 7. The van der Waals surface area contributed by atoms with Crippen molar-refractivity contribution in [2.75, 3.05) is 17.2 Å². The Bertz CT molecular complexity index is 876. The second-order valence-corrected chi connectivity index (χ2v) is 7.40. The van der Waals surface area contributed by atoms with Gasteiger partial charge in [0.2, 0.25) is 15.9 Å². The van der Waals surface area contributed by atoms with Crippen molar-refractivity contribution >= 4 is 33.2 Å². The van der Waals surface area contributed by atoms with Crippen LogP contribution < -0.4 is 15.4 Å². The first-order valence-corrected chi connectivity index (χ1v) is 9.59. The molecule has 2 aromatic rings. The summed E-state index contributed by atoms with van der Waals surface area (Å²) in [5.74, 6) is -0.523. The fourth-order valence-electron chi connectivity index (χ4n) is 2.15. The molecule has 0 spiro atoms. The van der Waals surface area contributed by atoms with Gasteiger partial charge in [0.1, 0.15) is 0 Å². The summed E-state index contributed by atoms with van der Waals surface area (Å²) in [5.41, 5.74) is 1.50. The van der Waals surface area contributed by atoms with Crippen LogP contribution in [0.2, 0.25) is 0 Å². The van der Waals surface area contributed by atoms with Crippen molar-refractivity contribution in [1.29, 1.82) is 0 Å². The van der Waals surface area contributed by atoms with E-state index in [0.717, 1.165) is 0 Å². The molecular weight excluding hydrogens is 354 g/mol. The second-order valence-electron chi connectivity index (χ2n) is 5.63. The van der Waals surface area contributed by atoms with Gasteiger partial charge >= 0.3 is 0 Å². The summed E-state index contributed by atoms with van der Waals surface area (Å²) in [4.78, 5) is 23.4. The van der Waals surface area contributed by atoms with Crippen molar-refractivity contribution in [3.05, 3.63) is 54.1 Å². The fourth-order valence-corrected chi connectivity index (χ4v) is 3.28. The number of amides is 2. The van der Waals surface area contributed by atoms with Gasteiger partial charge < -0.3 is 10.6 Å². The summed E-state index contributed by atoms with van der Waals surface area (Å²) in [6.07, 6.45) is 0.702. The Balaban J connectivity index is 2.04. The van der Waals surface area contributed by atoms with E-state index in [2.05, 4.69) is 15.4 Å². The Hall–Kier alpha value is -2.71. The van der Waals surface area contributed by atoms with E-state index in [1.807, 2.05) is 6.92 Å². The van der Waals surface area contributed by atoms with Crippen molar-refractivity contribution in [3.8, 4) is 0 Å². The lowest BCUT2D eigenvalue weighted by atomic mass is 10.2. The largest absolute Gasteiger partial charge is 0.326 e. The molecule has 0 unspecified atom stereocenters. The molecule has 26 heavy (non-hydrogen) atoms. The van der Waals surface area contributed by atoms with Crippen LogP contribution in [0.1, 0.15) is 30.6 Å². The minimum atomic E-state index is -3.53. The van der Waals surface area contributed by atoms with Crippen molar-refractivity contribution in [2.45, 2.75) is 25.2 Å². The van der Waals surface area contributed by atoms with Crippen LogP contribution in [0, 0.1) is 0 Å². The van der Waals surface area contributed by atoms with Crippen LogP contribution in [0.15, 0.2) is 53.4 Å². The topological polar surface area (TPSA) is 104 Å². The van der Waals surface area contributed by atoms with E-state index in [9.17, 15) is 18.0 Å². The van der Waals surface area contributed by atoms with Gasteiger partial charge in [0.05, 0.1) is 4.90 Å². The summed E-state index contributed by atoms with van der Waals surface area (Å²) >= 11 is 0. The van der Waals surface area contributed by atoms with E-state index in [0.29, 0.717) is 29.9 Å². The summed E-state index contributed by atoms with van der Waals surface area (Å²) < 4.78 is 26.5. The normalized spacial score (nSPS) is 11.0. The average molecular weight is 375 g/mol. The molecule has 138 valence electrons.